The molecule has 1 saturated heterocycles. The summed E-state index contributed by atoms with van der Waals surface area (Å²) in [4.78, 5) is 34.5. The van der Waals surface area contributed by atoms with Crippen LogP contribution >= 0.6 is 0 Å². The molecule has 3 N–H and O–H groups in total. The van der Waals surface area contributed by atoms with Crippen molar-refractivity contribution < 1.29 is 19.1 Å². The number of hydrogen-bond acceptors (Lipinski definition) is 4. The van der Waals surface area contributed by atoms with Gasteiger partial charge in [0, 0.05) is 31.5 Å². The molecule has 1 atom stereocenters. The molecule has 1 heterocycles. The molecule has 0 saturated carbocycles. The van der Waals surface area contributed by atoms with Crippen molar-refractivity contribution in [3.05, 3.63) is 24.3 Å². The lowest BCUT2D eigenvalue weighted by Gasteiger charge is -2.11. The molecule has 0 spiro atoms. The lowest BCUT2D eigenvalue weighted by molar-refractivity contribution is -0.136. The van der Waals surface area contributed by atoms with Crippen molar-refractivity contribution in [2.24, 2.45) is 0 Å². The maximum Gasteiger partial charge on any atom is 0.313 e. The zero-order chi connectivity index (χ0) is 15.9. The molecule has 1 fully saturated rings. The highest BCUT2D eigenvalue weighted by atomic mass is 16.5. The fourth-order valence-electron chi connectivity index (χ4n) is 2.16. The molecule has 1 aromatic rings. The maximum absolute atomic E-state index is 11.8. The maximum atomic E-state index is 11.8. The second-order valence-electron chi connectivity index (χ2n) is 5.06. The lowest BCUT2D eigenvalue weighted by atomic mass is 10.2. The van der Waals surface area contributed by atoms with Gasteiger partial charge < -0.3 is 20.7 Å². The molecule has 0 bridgehead atoms. The minimum atomic E-state index is -0.752. The van der Waals surface area contributed by atoms with Gasteiger partial charge in [0.05, 0.1) is 6.10 Å². The van der Waals surface area contributed by atoms with Crippen molar-refractivity contribution in [3.8, 4) is 0 Å². The number of hydrogen-bond donors (Lipinski definition) is 3. The van der Waals surface area contributed by atoms with Crippen LogP contribution in [-0.2, 0) is 19.1 Å². The Morgan fingerprint density at radius 2 is 1.91 bits per heavy atom. The van der Waals surface area contributed by atoms with Gasteiger partial charge in [-0.3, -0.25) is 14.4 Å². The van der Waals surface area contributed by atoms with E-state index < -0.39 is 11.8 Å². The average Bonchev–Trinajstić information content (AvgIpc) is 2.97. The van der Waals surface area contributed by atoms with Crippen LogP contribution in [0, 0.1) is 0 Å². The quantitative estimate of drug-likeness (QED) is 0.719. The third-order valence-corrected chi connectivity index (χ3v) is 3.16. The van der Waals surface area contributed by atoms with Crippen LogP contribution in [0.3, 0.4) is 0 Å². The summed E-state index contributed by atoms with van der Waals surface area (Å²) in [6.45, 7) is 2.42. The highest BCUT2D eigenvalue weighted by Gasteiger charge is 2.19. The van der Waals surface area contributed by atoms with Gasteiger partial charge >= 0.3 is 11.8 Å². The zero-order valence-electron chi connectivity index (χ0n) is 12.3. The Labute approximate surface area is 128 Å². The highest BCUT2D eigenvalue weighted by Crippen LogP contribution is 2.15. The molecule has 2 rings (SSSR count). The Bertz CT molecular complexity index is 568. The van der Waals surface area contributed by atoms with Gasteiger partial charge in [0.1, 0.15) is 0 Å². The summed E-state index contributed by atoms with van der Waals surface area (Å²) >= 11 is 0. The van der Waals surface area contributed by atoms with E-state index in [9.17, 15) is 14.4 Å². The Balaban J connectivity index is 1.84. The van der Waals surface area contributed by atoms with Crippen LogP contribution in [0.1, 0.15) is 19.8 Å². The molecular weight excluding hydrogens is 286 g/mol. The first-order valence-electron chi connectivity index (χ1n) is 7.13. The van der Waals surface area contributed by atoms with Crippen LogP contribution in [-0.4, -0.2) is 37.0 Å². The number of rotatable bonds is 4. The van der Waals surface area contributed by atoms with Crippen molar-refractivity contribution in [2.45, 2.75) is 25.9 Å². The van der Waals surface area contributed by atoms with E-state index >= 15 is 0 Å². The van der Waals surface area contributed by atoms with E-state index in [2.05, 4.69) is 16.0 Å². The van der Waals surface area contributed by atoms with E-state index in [1.807, 2.05) is 0 Å². The average molecular weight is 305 g/mol. The summed E-state index contributed by atoms with van der Waals surface area (Å²) in [6, 6.07) is 6.57. The zero-order valence-corrected chi connectivity index (χ0v) is 12.3. The summed E-state index contributed by atoms with van der Waals surface area (Å²) < 4.78 is 5.37. The summed E-state index contributed by atoms with van der Waals surface area (Å²) in [5.74, 6) is -1.67. The van der Waals surface area contributed by atoms with Crippen molar-refractivity contribution in [1.82, 2.24) is 5.32 Å². The smallest absolute Gasteiger partial charge is 0.313 e. The normalized spacial score (nSPS) is 16.9. The SMILES string of the molecule is CC(=O)Nc1cccc(NC(=O)C(=O)NC[C@H]2CCCO2)c1. The van der Waals surface area contributed by atoms with Crippen LogP contribution in [0.2, 0.25) is 0 Å². The first-order chi connectivity index (χ1) is 10.5. The van der Waals surface area contributed by atoms with Crippen LogP contribution in [0.25, 0.3) is 0 Å². The van der Waals surface area contributed by atoms with Crippen LogP contribution < -0.4 is 16.0 Å². The minimum absolute atomic E-state index is 0.0140. The molecule has 7 heteroatoms. The minimum Gasteiger partial charge on any atom is -0.376 e. The fourth-order valence-corrected chi connectivity index (χ4v) is 2.16. The molecular formula is C15H19N3O4. The molecule has 7 nitrogen and oxygen atoms in total. The molecule has 0 radical (unpaired) electrons. The van der Waals surface area contributed by atoms with Crippen LogP contribution in [0.15, 0.2) is 24.3 Å². The summed E-state index contributed by atoms with van der Waals surface area (Å²) in [7, 11) is 0. The van der Waals surface area contributed by atoms with E-state index in [-0.39, 0.29) is 12.0 Å². The van der Waals surface area contributed by atoms with E-state index in [1.54, 1.807) is 24.3 Å². The first-order valence-corrected chi connectivity index (χ1v) is 7.13. The molecule has 0 unspecified atom stereocenters. The molecule has 3 amide bonds. The fraction of sp³-hybridized carbons (Fsp3) is 0.400. The second-order valence-corrected chi connectivity index (χ2v) is 5.06. The van der Waals surface area contributed by atoms with Crippen molar-refractivity contribution in [2.75, 3.05) is 23.8 Å². The molecule has 0 aliphatic carbocycles. The molecule has 1 aliphatic rings. The topological polar surface area (TPSA) is 96.5 Å². The van der Waals surface area contributed by atoms with Gasteiger partial charge in [-0.25, -0.2) is 0 Å². The molecule has 118 valence electrons. The van der Waals surface area contributed by atoms with Crippen molar-refractivity contribution in [3.63, 3.8) is 0 Å². The van der Waals surface area contributed by atoms with E-state index in [1.165, 1.54) is 6.92 Å². The summed E-state index contributed by atoms with van der Waals surface area (Å²) in [6.07, 6.45) is 1.85. The van der Waals surface area contributed by atoms with Crippen molar-refractivity contribution in [1.29, 1.82) is 0 Å². The third-order valence-electron chi connectivity index (χ3n) is 3.16. The number of nitrogens with one attached hydrogen (secondary N) is 3. The molecule has 1 aromatic carbocycles. The Kier molecular flexibility index (Phi) is 5.48. The predicted molar refractivity (Wildman–Crippen MR) is 81.4 cm³/mol. The number of amides is 3. The Morgan fingerprint density at radius 3 is 2.55 bits per heavy atom. The van der Waals surface area contributed by atoms with Crippen LogP contribution in [0.5, 0.6) is 0 Å². The van der Waals surface area contributed by atoms with Gasteiger partial charge in [0.2, 0.25) is 5.91 Å². The molecule has 0 aromatic heterocycles. The number of anilines is 2. The van der Waals surface area contributed by atoms with Crippen LogP contribution in [0.4, 0.5) is 11.4 Å². The number of benzene rings is 1. The Hall–Kier alpha value is -2.41. The van der Waals surface area contributed by atoms with E-state index in [0.717, 1.165) is 12.8 Å². The summed E-state index contributed by atoms with van der Waals surface area (Å²) in [5.41, 5.74) is 0.980. The molecule has 22 heavy (non-hydrogen) atoms. The predicted octanol–water partition coefficient (Wildman–Crippen LogP) is 0.879. The lowest BCUT2D eigenvalue weighted by Crippen LogP contribution is -2.39. The standard InChI is InChI=1S/C15H19N3O4/c1-10(19)17-11-4-2-5-12(8-11)18-15(21)14(20)16-9-13-6-3-7-22-13/h2,4-5,8,13H,3,6-7,9H2,1H3,(H,16,20)(H,17,19)(H,18,21)/t13-/m1/s1. The van der Waals surface area contributed by atoms with E-state index in [4.69, 9.17) is 4.74 Å². The molecule has 1 aliphatic heterocycles. The number of carbonyl (C=O) groups is 3. The third kappa shape index (κ3) is 4.85. The van der Waals surface area contributed by atoms with Gasteiger partial charge in [-0.05, 0) is 31.0 Å². The van der Waals surface area contributed by atoms with Gasteiger partial charge in [-0.2, -0.15) is 0 Å². The largest absolute Gasteiger partial charge is 0.376 e. The first kappa shape index (κ1) is 16.0. The van der Waals surface area contributed by atoms with E-state index in [0.29, 0.717) is 24.5 Å². The van der Waals surface area contributed by atoms with Gasteiger partial charge in [0.15, 0.2) is 0 Å². The Morgan fingerprint density at radius 1 is 1.18 bits per heavy atom. The van der Waals surface area contributed by atoms with Crippen molar-refractivity contribution >= 4 is 29.1 Å². The second kappa shape index (κ2) is 7.56. The monoisotopic (exact) mass is 305 g/mol. The summed E-state index contributed by atoms with van der Waals surface area (Å²) in [5, 5.41) is 7.64. The highest BCUT2D eigenvalue weighted by molar-refractivity contribution is 6.39. The van der Waals surface area contributed by atoms with Gasteiger partial charge in [0.25, 0.3) is 0 Å². The van der Waals surface area contributed by atoms with Gasteiger partial charge in [-0.1, -0.05) is 6.07 Å². The number of carbonyl (C=O) groups excluding carboxylic acids is 3. The van der Waals surface area contributed by atoms with Gasteiger partial charge in [-0.15, -0.1) is 0 Å². The number of ether oxygens (including phenoxy) is 1.